The second-order valence-electron chi connectivity index (χ2n) is 4.72. The first-order valence-corrected chi connectivity index (χ1v) is 6.42. The van der Waals surface area contributed by atoms with Gasteiger partial charge in [0.05, 0.1) is 11.6 Å². The van der Waals surface area contributed by atoms with E-state index in [-0.39, 0.29) is 11.9 Å². The number of hydrogen-bond acceptors (Lipinski definition) is 3. The van der Waals surface area contributed by atoms with Crippen molar-refractivity contribution in [2.24, 2.45) is 5.92 Å². The summed E-state index contributed by atoms with van der Waals surface area (Å²) in [6.45, 7) is 0. The predicted molar refractivity (Wildman–Crippen MR) is 67.7 cm³/mol. The fourth-order valence-electron chi connectivity index (χ4n) is 2.44. The molecule has 18 heavy (non-hydrogen) atoms. The van der Waals surface area contributed by atoms with Crippen LogP contribution in [0, 0.1) is 17.2 Å². The molecule has 1 amide bonds. The Labute approximate surface area is 107 Å². The Morgan fingerprint density at radius 1 is 1.44 bits per heavy atom. The highest BCUT2D eigenvalue weighted by Gasteiger charge is 2.25. The molecule has 1 unspecified atom stereocenters. The summed E-state index contributed by atoms with van der Waals surface area (Å²) in [4.78, 5) is 15.9. The predicted octanol–water partition coefficient (Wildman–Crippen LogP) is 2.28. The molecular weight excluding hydrogens is 226 g/mol. The summed E-state index contributed by atoms with van der Waals surface area (Å²) in [6.07, 6.45) is 8.77. The van der Waals surface area contributed by atoms with Gasteiger partial charge in [0.2, 0.25) is 0 Å². The molecule has 1 aliphatic rings. The van der Waals surface area contributed by atoms with E-state index in [1.807, 2.05) is 0 Å². The molecule has 0 saturated heterocycles. The Morgan fingerprint density at radius 3 is 2.83 bits per heavy atom. The largest absolute Gasteiger partial charge is 0.336 e. The molecule has 4 nitrogen and oxygen atoms in total. The molecule has 1 aromatic rings. The highest BCUT2D eigenvalue weighted by molar-refractivity contribution is 5.94. The van der Waals surface area contributed by atoms with E-state index in [0.29, 0.717) is 11.5 Å². The lowest BCUT2D eigenvalue weighted by Crippen LogP contribution is -2.40. The third-order valence-corrected chi connectivity index (χ3v) is 3.47. The minimum Gasteiger partial charge on any atom is -0.336 e. The van der Waals surface area contributed by atoms with Gasteiger partial charge in [-0.25, -0.2) is 0 Å². The number of pyridine rings is 1. The van der Waals surface area contributed by atoms with Crippen molar-refractivity contribution in [1.82, 2.24) is 10.3 Å². The van der Waals surface area contributed by atoms with E-state index < -0.39 is 0 Å². The van der Waals surface area contributed by atoms with Gasteiger partial charge < -0.3 is 5.32 Å². The summed E-state index contributed by atoms with van der Waals surface area (Å²) in [7, 11) is 0. The van der Waals surface area contributed by atoms with Crippen LogP contribution < -0.4 is 5.32 Å². The normalized spacial score (nSPS) is 17.7. The van der Waals surface area contributed by atoms with Gasteiger partial charge in [-0.3, -0.25) is 9.78 Å². The zero-order valence-electron chi connectivity index (χ0n) is 10.3. The Morgan fingerprint density at radius 2 is 2.22 bits per heavy atom. The van der Waals surface area contributed by atoms with Crippen molar-refractivity contribution >= 4 is 5.91 Å². The van der Waals surface area contributed by atoms with Crippen molar-refractivity contribution in [2.45, 2.75) is 38.1 Å². The Balaban J connectivity index is 1.98. The number of aromatic nitrogens is 1. The van der Waals surface area contributed by atoms with Gasteiger partial charge in [0.25, 0.3) is 5.91 Å². The van der Waals surface area contributed by atoms with E-state index >= 15 is 0 Å². The molecule has 0 bridgehead atoms. The van der Waals surface area contributed by atoms with Crippen LogP contribution in [0.25, 0.3) is 0 Å². The zero-order valence-corrected chi connectivity index (χ0v) is 10.3. The minimum atomic E-state index is -0.377. The van der Waals surface area contributed by atoms with Crippen molar-refractivity contribution < 1.29 is 4.79 Å². The van der Waals surface area contributed by atoms with Gasteiger partial charge in [-0.1, -0.05) is 19.3 Å². The summed E-state index contributed by atoms with van der Waals surface area (Å²) in [5.41, 5.74) is 0.508. The highest BCUT2D eigenvalue weighted by Crippen LogP contribution is 2.26. The molecule has 1 atom stereocenters. The molecule has 1 saturated carbocycles. The second-order valence-corrected chi connectivity index (χ2v) is 4.72. The number of hydrogen-bond donors (Lipinski definition) is 1. The van der Waals surface area contributed by atoms with Gasteiger partial charge in [-0.2, -0.15) is 5.26 Å². The first kappa shape index (κ1) is 12.6. The third-order valence-electron chi connectivity index (χ3n) is 3.47. The second kappa shape index (κ2) is 6.15. The van der Waals surface area contributed by atoms with Crippen LogP contribution >= 0.6 is 0 Å². The number of amides is 1. The van der Waals surface area contributed by atoms with Crippen LogP contribution in [0.5, 0.6) is 0 Å². The molecular formula is C14H17N3O. The van der Waals surface area contributed by atoms with Crippen LogP contribution in [0.4, 0.5) is 0 Å². The standard InChI is InChI=1S/C14H17N3O/c15-9-13(11-5-2-1-3-6-11)17-14(18)12-7-4-8-16-10-12/h4,7-8,10-11,13H,1-3,5-6H2,(H,17,18). The summed E-state index contributed by atoms with van der Waals surface area (Å²) >= 11 is 0. The number of carbonyl (C=O) groups is 1. The first-order chi connectivity index (χ1) is 8.81. The molecule has 0 aromatic carbocycles. The number of nitriles is 1. The van der Waals surface area contributed by atoms with Gasteiger partial charge in [0, 0.05) is 12.4 Å². The fraction of sp³-hybridized carbons (Fsp3) is 0.500. The van der Waals surface area contributed by atoms with Crippen LogP contribution in [0.2, 0.25) is 0 Å². The lowest BCUT2D eigenvalue weighted by Gasteiger charge is -2.26. The van der Waals surface area contributed by atoms with Crippen LogP contribution in [-0.4, -0.2) is 16.9 Å². The lowest BCUT2D eigenvalue weighted by atomic mass is 9.84. The molecule has 0 radical (unpaired) electrons. The van der Waals surface area contributed by atoms with E-state index in [4.69, 9.17) is 0 Å². The Kier molecular flexibility index (Phi) is 4.30. The maximum absolute atomic E-state index is 12.0. The summed E-state index contributed by atoms with van der Waals surface area (Å²) in [6, 6.07) is 5.27. The SMILES string of the molecule is N#CC(NC(=O)c1cccnc1)C1CCCCC1. The van der Waals surface area contributed by atoms with Gasteiger partial charge in [-0.15, -0.1) is 0 Å². The molecule has 1 fully saturated rings. The molecule has 0 aliphatic heterocycles. The van der Waals surface area contributed by atoms with Gasteiger partial charge in [0.1, 0.15) is 6.04 Å². The number of rotatable bonds is 3. The lowest BCUT2D eigenvalue weighted by molar-refractivity contribution is 0.0928. The van der Waals surface area contributed by atoms with Crippen molar-refractivity contribution in [3.05, 3.63) is 30.1 Å². The number of nitrogens with one attached hydrogen (secondary N) is 1. The fourth-order valence-corrected chi connectivity index (χ4v) is 2.44. The Bertz CT molecular complexity index is 432. The molecule has 2 rings (SSSR count). The van der Waals surface area contributed by atoms with Crippen LogP contribution in [0.1, 0.15) is 42.5 Å². The van der Waals surface area contributed by atoms with E-state index in [2.05, 4.69) is 16.4 Å². The monoisotopic (exact) mass is 243 g/mol. The van der Waals surface area contributed by atoms with E-state index in [9.17, 15) is 10.1 Å². The zero-order chi connectivity index (χ0) is 12.8. The number of carbonyl (C=O) groups excluding carboxylic acids is 1. The van der Waals surface area contributed by atoms with Crippen molar-refractivity contribution in [1.29, 1.82) is 5.26 Å². The van der Waals surface area contributed by atoms with Crippen LogP contribution in [0.15, 0.2) is 24.5 Å². The maximum Gasteiger partial charge on any atom is 0.253 e. The smallest absolute Gasteiger partial charge is 0.253 e. The third kappa shape index (κ3) is 3.07. The molecule has 1 aliphatic carbocycles. The number of nitrogens with zero attached hydrogens (tertiary/aromatic N) is 2. The minimum absolute atomic E-state index is 0.208. The summed E-state index contributed by atoms with van der Waals surface area (Å²) in [5, 5.41) is 12.0. The van der Waals surface area contributed by atoms with Crippen LogP contribution in [0.3, 0.4) is 0 Å². The topological polar surface area (TPSA) is 65.8 Å². The molecule has 4 heteroatoms. The van der Waals surface area contributed by atoms with E-state index in [1.165, 1.54) is 12.6 Å². The summed E-state index contributed by atoms with van der Waals surface area (Å²) in [5.74, 6) is 0.0876. The van der Waals surface area contributed by atoms with Crippen molar-refractivity contribution in [3.63, 3.8) is 0 Å². The van der Waals surface area contributed by atoms with Gasteiger partial charge in [0.15, 0.2) is 0 Å². The molecule has 0 spiro atoms. The van der Waals surface area contributed by atoms with Gasteiger partial charge in [-0.05, 0) is 30.9 Å². The van der Waals surface area contributed by atoms with Crippen molar-refractivity contribution in [2.75, 3.05) is 0 Å². The molecule has 94 valence electrons. The van der Waals surface area contributed by atoms with E-state index in [1.54, 1.807) is 18.3 Å². The molecule has 1 heterocycles. The maximum atomic E-state index is 12.0. The van der Waals surface area contributed by atoms with E-state index in [0.717, 1.165) is 25.7 Å². The quantitative estimate of drug-likeness (QED) is 0.885. The average Bonchev–Trinajstić information content (AvgIpc) is 2.46. The van der Waals surface area contributed by atoms with Gasteiger partial charge >= 0.3 is 0 Å². The Hall–Kier alpha value is -1.89. The van der Waals surface area contributed by atoms with Crippen LogP contribution in [-0.2, 0) is 0 Å². The van der Waals surface area contributed by atoms with Crippen molar-refractivity contribution in [3.8, 4) is 6.07 Å². The summed E-state index contributed by atoms with van der Waals surface area (Å²) < 4.78 is 0. The molecule has 1 aromatic heterocycles. The molecule has 1 N–H and O–H groups in total. The first-order valence-electron chi connectivity index (χ1n) is 6.42. The average molecular weight is 243 g/mol. The highest BCUT2D eigenvalue weighted by atomic mass is 16.1.